The number of halogens is 1. The molecule has 2 aromatic carbocycles. The summed E-state index contributed by atoms with van der Waals surface area (Å²) in [4.78, 5) is 50.3. The molecule has 2 aromatic rings. The number of carbonyl (C=O) groups is 4. The zero-order chi connectivity index (χ0) is 24.0. The zero-order valence-corrected chi connectivity index (χ0v) is 19.2. The van der Waals surface area contributed by atoms with Crippen molar-refractivity contribution in [3.63, 3.8) is 0 Å². The number of carbonyl (C=O) groups excluding carboxylic acids is 4. The van der Waals surface area contributed by atoms with Crippen LogP contribution in [0.3, 0.4) is 0 Å². The number of esters is 1. The number of likely N-dealkylation sites (tertiary alicyclic amines) is 1. The van der Waals surface area contributed by atoms with Crippen LogP contribution in [0, 0.1) is 5.92 Å². The first-order valence-electron chi connectivity index (χ1n) is 10.7. The van der Waals surface area contributed by atoms with Crippen LogP contribution in [0.25, 0.3) is 0 Å². The van der Waals surface area contributed by atoms with Crippen LogP contribution in [0.2, 0.25) is 5.02 Å². The number of ether oxygens (including phenoxy) is 1. The lowest BCUT2D eigenvalue weighted by atomic mass is 9.96. The van der Waals surface area contributed by atoms with E-state index in [0.717, 1.165) is 0 Å². The number of hydrogen-bond acceptors (Lipinski definition) is 5. The summed E-state index contributed by atoms with van der Waals surface area (Å²) in [5.74, 6) is -1.56. The summed E-state index contributed by atoms with van der Waals surface area (Å²) in [5.41, 5.74) is 1.68. The molecule has 33 heavy (non-hydrogen) atoms. The minimum atomic E-state index is -0.971. The first-order chi connectivity index (χ1) is 15.7. The number of hydrogen-bond donors (Lipinski definition) is 2. The van der Waals surface area contributed by atoms with Gasteiger partial charge in [-0.15, -0.1) is 0 Å². The summed E-state index contributed by atoms with van der Waals surface area (Å²) in [6.45, 7) is 3.79. The van der Waals surface area contributed by atoms with Crippen LogP contribution in [0.4, 0.5) is 11.4 Å². The van der Waals surface area contributed by atoms with Crippen molar-refractivity contribution in [1.82, 2.24) is 4.90 Å². The Morgan fingerprint density at radius 3 is 2.03 bits per heavy atom. The molecule has 174 valence electrons. The maximum atomic E-state index is 12.6. The molecule has 9 heteroatoms. The molecular weight excluding hydrogens is 446 g/mol. The first-order valence-corrected chi connectivity index (χ1v) is 11.0. The molecule has 3 rings (SSSR count). The van der Waals surface area contributed by atoms with Gasteiger partial charge in [0.1, 0.15) is 0 Å². The Kier molecular flexibility index (Phi) is 8.06. The molecule has 0 saturated carbocycles. The molecule has 1 fully saturated rings. The zero-order valence-electron chi connectivity index (χ0n) is 18.5. The maximum absolute atomic E-state index is 12.6. The second-order valence-corrected chi connectivity index (χ2v) is 8.34. The molecule has 1 aliphatic rings. The predicted octanol–water partition coefficient (Wildman–Crippen LogP) is 3.72. The molecule has 0 aromatic heterocycles. The third kappa shape index (κ3) is 6.79. The molecular formula is C24H26ClN3O5. The number of piperidine rings is 1. The Balaban J connectivity index is 1.46. The summed E-state index contributed by atoms with van der Waals surface area (Å²) in [6.07, 6.45) is -0.0323. The normalized spacial score (nSPS) is 14.8. The van der Waals surface area contributed by atoms with E-state index in [1.807, 2.05) is 0 Å². The predicted molar refractivity (Wildman–Crippen MR) is 125 cm³/mol. The van der Waals surface area contributed by atoms with Crippen molar-refractivity contribution < 1.29 is 23.9 Å². The fraction of sp³-hybridized carbons (Fsp3) is 0.333. The Morgan fingerprint density at radius 1 is 0.939 bits per heavy atom. The average molecular weight is 472 g/mol. The van der Waals surface area contributed by atoms with Gasteiger partial charge in [0, 0.05) is 42.0 Å². The number of rotatable bonds is 6. The summed E-state index contributed by atoms with van der Waals surface area (Å²) < 4.78 is 5.37. The SMILES string of the molecule is CC(=O)Nc1ccc(NC(=O)C(C)OC(=O)C2CCN(C(=O)c3ccc(Cl)cc3)CC2)cc1. The maximum Gasteiger partial charge on any atom is 0.309 e. The first kappa shape index (κ1) is 24.3. The number of benzene rings is 2. The smallest absolute Gasteiger partial charge is 0.309 e. The van der Waals surface area contributed by atoms with Crippen LogP contribution in [0.15, 0.2) is 48.5 Å². The van der Waals surface area contributed by atoms with Crippen molar-refractivity contribution in [3.8, 4) is 0 Å². The summed E-state index contributed by atoms with van der Waals surface area (Å²) in [6, 6.07) is 13.3. The van der Waals surface area contributed by atoms with Crippen LogP contribution in [0.1, 0.15) is 37.0 Å². The molecule has 1 atom stereocenters. The van der Waals surface area contributed by atoms with Crippen molar-refractivity contribution in [2.45, 2.75) is 32.8 Å². The van der Waals surface area contributed by atoms with E-state index in [0.29, 0.717) is 47.9 Å². The monoisotopic (exact) mass is 471 g/mol. The second kappa shape index (κ2) is 11.0. The molecule has 3 amide bonds. The Morgan fingerprint density at radius 2 is 1.48 bits per heavy atom. The second-order valence-electron chi connectivity index (χ2n) is 7.90. The van der Waals surface area contributed by atoms with Gasteiger partial charge in [0.15, 0.2) is 6.10 Å². The fourth-order valence-electron chi connectivity index (χ4n) is 3.50. The number of nitrogens with one attached hydrogen (secondary N) is 2. The number of nitrogens with zero attached hydrogens (tertiary/aromatic N) is 1. The molecule has 2 N–H and O–H groups in total. The molecule has 0 bridgehead atoms. The third-order valence-electron chi connectivity index (χ3n) is 5.34. The van der Waals surface area contributed by atoms with Crippen LogP contribution in [-0.2, 0) is 19.1 Å². The van der Waals surface area contributed by atoms with E-state index in [9.17, 15) is 19.2 Å². The lowest BCUT2D eigenvalue weighted by molar-refractivity contribution is -0.158. The van der Waals surface area contributed by atoms with Crippen LogP contribution >= 0.6 is 11.6 Å². The highest BCUT2D eigenvalue weighted by atomic mass is 35.5. The molecule has 0 spiro atoms. The number of anilines is 2. The van der Waals surface area contributed by atoms with Gasteiger partial charge >= 0.3 is 5.97 Å². The molecule has 0 aliphatic carbocycles. The van der Waals surface area contributed by atoms with E-state index in [-0.39, 0.29) is 17.7 Å². The largest absolute Gasteiger partial charge is 0.452 e. The van der Waals surface area contributed by atoms with Gasteiger partial charge in [-0.2, -0.15) is 0 Å². The minimum absolute atomic E-state index is 0.101. The van der Waals surface area contributed by atoms with E-state index in [4.69, 9.17) is 16.3 Å². The van der Waals surface area contributed by atoms with Crippen LogP contribution < -0.4 is 10.6 Å². The highest BCUT2D eigenvalue weighted by Gasteiger charge is 2.30. The third-order valence-corrected chi connectivity index (χ3v) is 5.59. The fourth-order valence-corrected chi connectivity index (χ4v) is 3.63. The van der Waals surface area contributed by atoms with Gasteiger partial charge in [-0.05, 0) is 68.3 Å². The van der Waals surface area contributed by atoms with Crippen molar-refractivity contribution in [2.75, 3.05) is 23.7 Å². The quantitative estimate of drug-likeness (QED) is 0.625. The Bertz CT molecular complexity index is 1020. The van der Waals surface area contributed by atoms with Crippen molar-refractivity contribution >= 4 is 46.7 Å². The van der Waals surface area contributed by atoms with Crippen molar-refractivity contribution in [1.29, 1.82) is 0 Å². The van der Waals surface area contributed by atoms with Crippen LogP contribution in [-0.4, -0.2) is 47.8 Å². The standard InChI is InChI=1S/C24H26ClN3O5/c1-15(22(30)27-21-9-7-20(8-10-21)26-16(2)29)33-24(32)18-11-13-28(14-12-18)23(31)17-3-5-19(25)6-4-17/h3-10,15,18H,11-14H2,1-2H3,(H,26,29)(H,27,30). The van der Waals surface area contributed by atoms with Gasteiger partial charge in [-0.25, -0.2) is 0 Å². The molecule has 0 radical (unpaired) electrons. The minimum Gasteiger partial charge on any atom is -0.452 e. The van der Waals surface area contributed by atoms with Gasteiger partial charge in [0.25, 0.3) is 11.8 Å². The molecule has 1 heterocycles. The van der Waals surface area contributed by atoms with E-state index in [1.54, 1.807) is 53.4 Å². The van der Waals surface area contributed by atoms with E-state index < -0.39 is 18.0 Å². The molecule has 1 aliphatic heterocycles. The van der Waals surface area contributed by atoms with Gasteiger partial charge < -0.3 is 20.3 Å². The van der Waals surface area contributed by atoms with E-state index in [1.165, 1.54) is 13.8 Å². The average Bonchev–Trinajstić information content (AvgIpc) is 2.80. The molecule has 8 nitrogen and oxygen atoms in total. The van der Waals surface area contributed by atoms with Gasteiger partial charge in [0.05, 0.1) is 5.92 Å². The highest BCUT2D eigenvalue weighted by molar-refractivity contribution is 6.30. The van der Waals surface area contributed by atoms with E-state index in [2.05, 4.69) is 10.6 Å². The van der Waals surface area contributed by atoms with Crippen molar-refractivity contribution in [2.24, 2.45) is 5.92 Å². The van der Waals surface area contributed by atoms with Crippen LogP contribution in [0.5, 0.6) is 0 Å². The lowest BCUT2D eigenvalue weighted by Crippen LogP contribution is -2.41. The summed E-state index contributed by atoms with van der Waals surface area (Å²) in [5, 5.41) is 5.89. The van der Waals surface area contributed by atoms with Crippen molar-refractivity contribution in [3.05, 3.63) is 59.1 Å². The Hall–Kier alpha value is -3.39. The van der Waals surface area contributed by atoms with E-state index >= 15 is 0 Å². The van der Waals surface area contributed by atoms with Gasteiger partial charge in [-0.1, -0.05) is 11.6 Å². The highest BCUT2D eigenvalue weighted by Crippen LogP contribution is 2.22. The molecule has 1 saturated heterocycles. The topological polar surface area (TPSA) is 105 Å². The Labute approximate surface area is 197 Å². The summed E-state index contributed by atoms with van der Waals surface area (Å²) >= 11 is 5.87. The number of amides is 3. The summed E-state index contributed by atoms with van der Waals surface area (Å²) in [7, 11) is 0. The van der Waals surface area contributed by atoms with Gasteiger partial charge in [0.2, 0.25) is 5.91 Å². The molecule has 1 unspecified atom stereocenters. The van der Waals surface area contributed by atoms with Gasteiger partial charge in [-0.3, -0.25) is 19.2 Å². The lowest BCUT2D eigenvalue weighted by Gasteiger charge is -2.31.